The minimum Gasteiger partial charge on any atom is -0.299 e. The summed E-state index contributed by atoms with van der Waals surface area (Å²) in [5.74, 6) is 5.65. The number of hydrogen-bond donors (Lipinski definition) is 0. The van der Waals surface area contributed by atoms with E-state index < -0.39 is 0 Å². The van der Waals surface area contributed by atoms with Crippen molar-refractivity contribution in [3.63, 3.8) is 0 Å². The van der Waals surface area contributed by atoms with Gasteiger partial charge in [0.05, 0.1) is 0 Å². The van der Waals surface area contributed by atoms with Crippen molar-refractivity contribution in [2.75, 3.05) is 0 Å². The van der Waals surface area contributed by atoms with Crippen molar-refractivity contribution in [2.24, 2.45) is 52.3 Å². The van der Waals surface area contributed by atoms with Crippen LogP contribution in [0.15, 0.2) is 0 Å². The number of carbonyl (C=O) groups excluding carboxylic acids is 1. The van der Waals surface area contributed by atoms with Crippen LogP contribution < -0.4 is 0 Å². The molecule has 0 N–H and O–H groups in total. The van der Waals surface area contributed by atoms with Crippen LogP contribution in [0, 0.1) is 52.3 Å². The molecule has 4 rings (SSSR count). The zero-order valence-electron chi connectivity index (χ0n) is 18.0. The van der Waals surface area contributed by atoms with Crippen LogP contribution in [-0.4, -0.2) is 5.78 Å². The van der Waals surface area contributed by atoms with Gasteiger partial charge in [-0.05, 0) is 91.3 Å². The summed E-state index contributed by atoms with van der Waals surface area (Å²) in [5, 5.41) is 0. The Morgan fingerprint density at radius 1 is 0.923 bits per heavy atom. The second-order valence-corrected chi connectivity index (χ2v) is 11.7. The molecule has 0 aliphatic heterocycles. The Morgan fingerprint density at radius 3 is 2.42 bits per heavy atom. The molecule has 0 heterocycles. The molecule has 8 atom stereocenters. The van der Waals surface area contributed by atoms with E-state index >= 15 is 0 Å². The summed E-state index contributed by atoms with van der Waals surface area (Å²) in [7, 11) is 0. The van der Waals surface area contributed by atoms with Gasteiger partial charge in [-0.15, -0.1) is 0 Å². The predicted molar refractivity (Wildman–Crippen MR) is 109 cm³/mol. The van der Waals surface area contributed by atoms with E-state index in [1.165, 1.54) is 57.8 Å². The fraction of sp³-hybridized carbons (Fsp3) is 0.960. The topological polar surface area (TPSA) is 17.1 Å². The van der Waals surface area contributed by atoms with Crippen LogP contribution in [0.25, 0.3) is 0 Å². The Labute approximate surface area is 162 Å². The van der Waals surface area contributed by atoms with E-state index in [0.29, 0.717) is 40.3 Å². The lowest BCUT2D eigenvalue weighted by atomic mass is 9.44. The van der Waals surface area contributed by atoms with Crippen molar-refractivity contribution in [1.29, 1.82) is 0 Å². The van der Waals surface area contributed by atoms with Crippen molar-refractivity contribution < 1.29 is 4.79 Å². The van der Waals surface area contributed by atoms with Gasteiger partial charge in [0.1, 0.15) is 5.78 Å². The Morgan fingerprint density at radius 2 is 1.69 bits per heavy atom. The fourth-order valence-electron chi connectivity index (χ4n) is 8.97. The van der Waals surface area contributed by atoms with E-state index in [1.807, 2.05) is 0 Å². The average Bonchev–Trinajstić information content (AvgIpc) is 2.84. The van der Waals surface area contributed by atoms with Crippen molar-refractivity contribution in [2.45, 2.75) is 98.8 Å². The molecule has 4 fully saturated rings. The maximum atomic E-state index is 13.2. The van der Waals surface area contributed by atoms with Crippen LogP contribution in [0.4, 0.5) is 0 Å². The first kappa shape index (κ1) is 19.0. The molecular formula is C25H42O. The van der Waals surface area contributed by atoms with Crippen LogP contribution in [0.2, 0.25) is 0 Å². The van der Waals surface area contributed by atoms with Gasteiger partial charge in [0.25, 0.3) is 0 Å². The van der Waals surface area contributed by atoms with Crippen molar-refractivity contribution in [1.82, 2.24) is 0 Å². The third-order valence-electron chi connectivity index (χ3n) is 9.91. The zero-order valence-corrected chi connectivity index (χ0v) is 18.0. The molecule has 1 nitrogen and oxygen atoms in total. The monoisotopic (exact) mass is 358 g/mol. The second-order valence-electron chi connectivity index (χ2n) is 11.7. The van der Waals surface area contributed by atoms with Crippen molar-refractivity contribution in [3.05, 3.63) is 0 Å². The minimum atomic E-state index is 0.296. The fourth-order valence-corrected chi connectivity index (χ4v) is 8.97. The molecule has 0 amide bonds. The molecule has 0 aromatic rings. The maximum absolute atomic E-state index is 13.2. The van der Waals surface area contributed by atoms with Crippen LogP contribution in [0.1, 0.15) is 98.8 Å². The molecule has 0 saturated heterocycles. The summed E-state index contributed by atoms with van der Waals surface area (Å²) in [5.41, 5.74) is 0.887. The molecule has 4 aliphatic carbocycles. The zero-order chi connectivity index (χ0) is 18.7. The van der Waals surface area contributed by atoms with Crippen LogP contribution in [0.5, 0.6) is 0 Å². The van der Waals surface area contributed by atoms with Gasteiger partial charge < -0.3 is 0 Å². The number of Topliss-reactive ketones (excluding diaryl/α,β-unsaturated/α-hetero) is 1. The van der Waals surface area contributed by atoms with E-state index in [-0.39, 0.29) is 0 Å². The Balaban J connectivity index is 1.60. The van der Waals surface area contributed by atoms with Gasteiger partial charge in [0.15, 0.2) is 0 Å². The lowest BCUT2D eigenvalue weighted by Crippen LogP contribution is -2.53. The average molecular weight is 359 g/mol. The summed E-state index contributed by atoms with van der Waals surface area (Å²) < 4.78 is 0. The number of ketones is 1. The molecule has 4 saturated carbocycles. The van der Waals surface area contributed by atoms with Gasteiger partial charge in [-0.2, -0.15) is 0 Å². The van der Waals surface area contributed by atoms with E-state index in [2.05, 4.69) is 34.6 Å². The first-order chi connectivity index (χ1) is 12.3. The van der Waals surface area contributed by atoms with E-state index in [1.54, 1.807) is 0 Å². The lowest BCUT2D eigenvalue weighted by Gasteiger charge is -2.60. The first-order valence-electron chi connectivity index (χ1n) is 11.8. The Bertz CT molecular complexity index is 550. The highest BCUT2D eigenvalue weighted by molar-refractivity contribution is 5.85. The molecule has 0 radical (unpaired) electrons. The summed E-state index contributed by atoms with van der Waals surface area (Å²) in [4.78, 5) is 13.2. The molecule has 1 heteroatoms. The van der Waals surface area contributed by atoms with Crippen molar-refractivity contribution in [3.8, 4) is 0 Å². The van der Waals surface area contributed by atoms with E-state index in [0.717, 1.165) is 24.2 Å². The van der Waals surface area contributed by atoms with Crippen LogP contribution in [0.3, 0.4) is 0 Å². The highest BCUT2D eigenvalue weighted by Gasteiger charge is 2.62. The molecule has 148 valence electrons. The highest BCUT2D eigenvalue weighted by atomic mass is 16.1. The predicted octanol–water partition coefficient (Wildman–Crippen LogP) is 6.90. The smallest absolute Gasteiger partial charge is 0.137 e. The van der Waals surface area contributed by atoms with E-state index in [4.69, 9.17) is 0 Å². The molecule has 0 aromatic carbocycles. The van der Waals surface area contributed by atoms with Crippen molar-refractivity contribution >= 4 is 5.78 Å². The number of rotatable bonds is 3. The number of fused-ring (bicyclic) bond motifs is 5. The van der Waals surface area contributed by atoms with Crippen LogP contribution in [-0.2, 0) is 4.79 Å². The third-order valence-corrected chi connectivity index (χ3v) is 9.91. The van der Waals surface area contributed by atoms with Gasteiger partial charge in [0, 0.05) is 12.3 Å². The van der Waals surface area contributed by atoms with E-state index in [9.17, 15) is 4.79 Å². The highest BCUT2D eigenvalue weighted by Crippen LogP contribution is 2.67. The summed E-state index contributed by atoms with van der Waals surface area (Å²) in [6, 6.07) is 0. The second kappa shape index (κ2) is 6.63. The largest absolute Gasteiger partial charge is 0.299 e. The van der Waals surface area contributed by atoms with Gasteiger partial charge in [-0.1, -0.05) is 47.5 Å². The molecule has 0 spiro atoms. The standard InChI is InChI=1S/C25H42O/c1-16(2)14-17(3)23-22(26)15-21-19-10-9-18-8-6-7-12-24(18,4)20(19)11-13-25(21,23)5/h16-21,23H,6-15H2,1-5H3. The lowest BCUT2D eigenvalue weighted by molar-refractivity contribution is -0.126. The Kier molecular flexibility index (Phi) is 4.84. The normalized spacial score (nSPS) is 49.5. The van der Waals surface area contributed by atoms with Crippen LogP contribution >= 0.6 is 0 Å². The van der Waals surface area contributed by atoms with Gasteiger partial charge in [0.2, 0.25) is 0 Å². The molecule has 0 aromatic heterocycles. The van der Waals surface area contributed by atoms with Gasteiger partial charge in [-0.25, -0.2) is 0 Å². The summed E-state index contributed by atoms with van der Waals surface area (Å²) in [6.07, 6.45) is 13.6. The minimum absolute atomic E-state index is 0.296. The summed E-state index contributed by atoms with van der Waals surface area (Å²) in [6.45, 7) is 12.2. The molecular weight excluding hydrogens is 316 g/mol. The molecule has 26 heavy (non-hydrogen) atoms. The summed E-state index contributed by atoms with van der Waals surface area (Å²) >= 11 is 0. The number of carbonyl (C=O) groups is 1. The Hall–Kier alpha value is -0.330. The first-order valence-corrected chi connectivity index (χ1v) is 11.8. The SMILES string of the molecule is CC(C)CC(C)C1C(=O)CC2C3CCC4CCCCC4(C)C3CCC21C. The van der Waals surface area contributed by atoms with Gasteiger partial charge in [-0.3, -0.25) is 4.79 Å². The molecule has 0 bridgehead atoms. The van der Waals surface area contributed by atoms with Gasteiger partial charge >= 0.3 is 0 Å². The molecule has 4 aliphatic rings. The third kappa shape index (κ3) is 2.74. The maximum Gasteiger partial charge on any atom is 0.137 e. The molecule has 8 unspecified atom stereocenters. The number of hydrogen-bond acceptors (Lipinski definition) is 1. The quantitative estimate of drug-likeness (QED) is 0.536.